The number of nitrogens with one attached hydrogen (secondary N) is 4. The molecule has 10 heteroatoms. The molecule has 288 valence electrons. The minimum atomic E-state index is -1.12. The molecule has 0 heterocycles. The molecule has 6 aromatic carbocycles. The standard InChI is InChI=1S/C47H44N4O6/c52-43(50-41(23-30-11-3-1-4-12-30)45(54)48-39-21-19-32-15-7-9-17-34(32)28-39)36-25-37(27-38(26-36)47(56)57)44(53)51-42(24-31-13-5-2-6-14-31)46(55)49-40-22-20-33-16-8-10-18-35(33)29-40/h1-22,28-29,36-38,41-42H,23-27H2,(H,48,54)(H,49,55)(H,50,52)(H,51,53)(H,56,57)/t36-,37+,38-,41-,42-/m0/s1. The van der Waals surface area contributed by atoms with Crippen molar-refractivity contribution >= 4 is 62.5 Å². The van der Waals surface area contributed by atoms with Crippen LogP contribution in [0.2, 0.25) is 0 Å². The van der Waals surface area contributed by atoms with Gasteiger partial charge in [-0.05, 0) is 76.2 Å². The Morgan fingerprint density at radius 2 is 0.842 bits per heavy atom. The van der Waals surface area contributed by atoms with Gasteiger partial charge in [-0.2, -0.15) is 0 Å². The number of carboxylic acids is 1. The summed E-state index contributed by atoms with van der Waals surface area (Å²) in [6.07, 6.45) is 0.448. The molecule has 0 radical (unpaired) electrons. The van der Waals surface area contributed by atoms with Crippen LogP contribution < -0.4 is 21.3 Å². The zero-order chi connectivity index (χ0) is 39.7. The molecule has 7 rings (SSSR count). The number of carbonyl (C=O) groups excluding carboxylic acids is 4. The van der Waals surface area contributed by atoms with Gasteiger partial charge in [0, 0.05) is 36.1 Å². The van der Waals surface area contributed by atoms with Crippen LogP contribution in [0, 0.1) is 17.8 Å². The lowest BCUT2D eigenvalue weighted by Crippen LogP contribution is -2.51. The molecule has 1 saturated carbocycles. The predicted molar refractivity (Wildman–Crippen MR) is 221 cm³/mol. The van der Waals surface area contributed by atoms with Gasteiger partial charge in [0.1, 0.15) is 12.1 Å². The van der Waals surface area contributed by atoms with E-state index < -0.39 is 59.4 Å². The summed E-state index contributed by atoms with van der Waals surface area (Å²) >= 11 is 0. The minimum Gasteiger partial charge on any atom is -0.481 e. The van der Waals surface area contributed by atoms with E-state index >= 15 is 0 Å². The van der Waals surface area contributed by atoms with Gasteiger partial charge >= 0.3 is 5.97 Å². The monoisotopic (exact) mass is 760 g/mol. The molecule has 1 fully saturated rings. The van der Waals surface area contributed by atoms with Gasteiger partial charge in [0.2, 0.25) is 23.6 Å². The second kappa shape index (κ2) is 17.8. The highest BCUT2D eigenvalue weighted by molar-refractivity contribution is 6.01. The Balaban J connectivity index is 1.08. The maximum Gasteiger partial charge on any atom is 0.306 e. The summed E-state index contributed by atoms with van der Waals surface area (Å²) in [5, 5.41) is 25.8. The first-order valence-corrected chi connectivity index (χ1v) is 19.2. The number of rotatable bonds is 13. The summed E-state index contributed by atoms with van der Waals surface area (Å²) in [4.78, 5) is 68.2. The topological polar surface area (TPSA) is 154 Å². The first-order chi connectivity index (χ1) is 27.7. The van der Waals surface area contributed by atoms with E-state index in [9.17, 15) is 29.1 Å². The molecule has 6 aromatic rings. The molecule has 1 aliphatic rings. The summed E-state index contributed by atoms with van der Waals surface area (Å²) in [5.41, 5.74) is 2.79. The average Bonchev–Trinajstić information content (AvgIpc) is 3.23. The van der Waals surface area contributed by atoms with Crippen molar-refractivity contribution in [2.75, 3.05) is 10.6 Å². The van der Waals surface area contributed by atoms with Crippen LogP contribution in [0.5, 0.6) is 0 Å². The predicted octanol–water partition coefficient (Wildman–Crippen LogP) is 7.14. The highest BCUT2D eigenvalue weighted by Gasteiger charge is 2.41. The van der Waals surface area contributed by atoms with Gasteiger partial charge in [0.05, 0.1) is 5.92 Å². The Bertz CT molecular complexity index is 2240. The Morgan fingerprint density at radius 3 is 1.25 bits per heavy atom. The Kier molecular flexibility index (Phi) is 12.0. The van der Waals surface area contributed by atoms with Crippen LogP contribution in [-0.2, 0) is 36.8 Å². The van der Waals surface area contributed by atoms with Crippen LogP contribution in [0.15, 0.2) is 146 Å². The molecule has 4 amide bonds. The van der Waals surface area contributed by atoms with E-state index in [1.807, 2.05) is 133 Å². The van der Waals surface area contributed by atoms with Crippen molar-refractivity contribution in [3.8, 4) is 0 Å². The van der Waals surface area contributed by atoms with Crippen LogP contribution >= 0.6 is 0 Å². The minimum absolute atomic E-state index is 0.00515. The molecular formula is C47H44N4O6. The van der Waals surface area contributed by atoms with Gasteiger partial charge in [-0.15, -0.1) is 0 Å². The summed E-state index contributed by atoms with van der Waals surface area (Å²) in [6.45, 7) is 0. The van der Waals surface area contributed by atoms with E-state index in [4.69, 9.17) is 0 Å². The zero-order valence-corrected chi connectivity index (χ0v) is 31.3. The summed E-state index contributed by atoms with van der Waals surface area (Å²) in [6, 6.07) is 43.3. The Morgan fingerprint density at radius 1 is 0.474 bits per heavy atom. The van der Waals surface area contributed by atoms with Crippen molar-refractivity contribution < 1.29 is 29.1 Å². The van der Waals surface area contributed by atoms with E-state index in [1.54, 1.807) is 12.1 Å². The van der Waals surface area contributed by atoms with Gasteiger partial charge in [-0.1, -0.05) is 121 Å². The van der Waals surface area contributed by atoms with Crippen molar-refractivity contribution in [3.63, 3.8) is 0 Å². The van der Waals surface area contributed by atoms with Crippen LogP contribution in [-0.4, -0.2) is 46.8 Å². The van der Waals surface area contributed by atoms with Gasteiger partial charge in [-0.25, -0.2) is 0 Å². The third kappa shape index (κ3) is 9.90. The lowest BCUT2D eigenvalue weighted by molar-refractivity contribution is -0.146. The summed E-state index contributed by atoms with van der Waals surface area (Å²) in [5.74, 6) is -5.72. The number of hydrogen-bond acceptors (Lipinski definition) is 5. The normalized spacial score (nSPS) is 17.5. The van der Waals surface area contributed by atoms with E-state index in [0.717, 1.165) is 32.7 Å². The van der Waals surface area contributed by atoms with E-state index in [2.05, 4.69) is 21.3 Å². The highest BCUT2D eigenvalue weighted by Crippen LogP contribution is 2.35. The lowest BCUT2D eigenvalue weighted by Gasteiger charge is -2.33. The van der Waals surface area contributed by atoms with E-state index in [1.165, 1.54) is 0 Å². The average molecular weight is 761 g/mol. The molecular weight excluding hydrogens is 717 g/mol. The maximum atomic E-state index is 14.1. The Hall–Kier alpha value is -6.81. The third-order valence-electron chi connectivity index (χ3n) is 10.7. The molecule has 0 unspecified atom stereocenters. The molecule has 0 saturated heterocycles. The highest BCUT2D eigenvalue weighted by atomic mass is 16.4. The van der Waals surface area contributed by atoms with Crippen LogP contribution in [0.4, 0.5) is 11.4 Å². The van der Waals surface area contributed by atoms with E-state index in [-0.39, 0.29) is 32.1 Å². The van der Waals surface area contributed by atoms with Crippen molar-refractivity contribution in [3.05, 3.63) is 157 Å². The molecule has 0 aromatic heterocycles. The number of carboxylic acid groups (broad SMARTS) is 1. The molecule has 0 aliphatic heterocycles. The molecule has 1 aliphatic carbocycles. The molecule has 57 heavy (non-hydrogen) atoms. The van der Waals surface area contributed by atoms with Crippen LogP contribution in [0.1, 0.15) is 30.4 Å². The van der Waals surface area contributed by atoms with Crippen molar-refractivity contribution in [2.24, 2.45) is 17.8 Å². The summed E-state index contributed by atoms with van der Waals surface area (Å²) < 4.78 is 0. The third-order valence-corrected chi connectivity index (χ3v) is 10.7. The first kappa shape index (κ1) is 38.5. The number of anilines is 2. The smallest absolute Gasteiger partial charge is 0.306 e. The second-order valence-electron chi connectivity index (χ2n) is 14.7. The van der Waals surface area contributed by atoms with Crippen LogP contribution in [0.3, 0.4) is 0 Å². The first-order valence-electron chi connectivity index (χ1n) is 19.2. The lowest BCUT2D eigenvalue weighted by atomic mass is 9.74. The van der Waals surface area contributed by atoms with Gasteiger partial charge in [0.15, 0.2) is 0 Å². The largest absolute Gasteiger partial charge is 0.481 e. The fourth-order valence-electron chi connectivity index (χ4n) is 7.64. The fraction of sp³-hybridized carbons (Fsp3) is 0.213. The number of carbonyl (C=O) groups is 5. The fourth-order valence-corrected chi connectivity index (χ4v) is 7.64. The Labute approximate surface area is 330 Å². The van der Waals surface area contributed by atoms with Crippen LogP contribution in [0.25, 0.3) is 21.5 Å². The molecule has 5 atom stereocenters. The van der Waals surface area contributed by atoms with Crippen molar-refractivity contribution in [1.29, 1.82) is 0 Å². The number of fused-ring (bicyclic) bond motifs is 2. The molecule has 10 nitrogen and oxygen atoms in total. The second-order valence-corrected chi connectivity index (χ2v) is 14.7. The maximum absolute atomic E-state index is 14.1. The van der Waals surface area contributed by atoms with Gasteiger partial charge in [-0.3, -0.25) is 24.0 Å². The van der Waals surface area contributed by atoms with Gasteiger partial charge < -0.3 is 26.4 Å². The number of amides is 4. The zero-order valence-electron chi connectivity index (χ0n) is 31.3. The van der Waals surface area contributed by atoms with Crippen molar-refractivity contribution in [1.82, 2.24) is 10.6 Å². The van der Waals surface area contributed by atoms with Crippen molar-refractivity contribution in [2.45, 2.75) is 44.2 Å². The number of benzene rings is 6. The summed E-state index contributed by atoms with van der Waals surface area (Å²) in [7, 11) is 0. The number of hydrogen-bond donors (Lipinski definition) is 5. The van der Waals surface area contributed by atoms with E-state index in [0.29, 0.717) is 11.4 Å². The SMILES string of the molecule is O=C(O)[C@H]1C[C@@H](C(=O)N[C@@H](Cc2ccccc2)C(=O)Nc2ccc3ccccc3c2)C[C@@H](C(=O)N[C@@H](Cc2ccccc2)C(=O)Nc2ccc3ccccc3c2)C1. The molecule has 5 N–H and O–H groups in total. The molecule has 0 bridgehead atoms. The number of aliphatic carboxylic acids is 1. The quantitative estimate of drug-likeness (QED) is 0.0844. The molecule has 0 spiro atoms. The van der Waals surface area contributed by atoms with Gasteiger partial charge in [0.25, 0.3) is 0 Å².